The fourth-order valence-corrected chi connectivity index (χ4v) is 4.33. The summed E-state index contributed by atoms with van der Waals surface area (Å²) in [6, 6.07) is 5.61. The van der Waals surface area contributed by atoms with Crippen LogP contribution in [0.5, 0.6) is 5.75 Å². The van der Waals surface area contributed by atoms with Crippen LogP contribution in [-0.4, -0.2) is 62.6 Å². The van der Waals surface area contributed by atoms with E-state index in [1.807, 2.05) is 4.90 Å². The first-order chi connectivity index (χ1) is 15.4. The van der Waals surface area contributed by atoms with Crippen LogP contribution in [-0.2, 0) is 22.7 Å². The third kappa shape index (κ3) is 5.08. The number of nitrogens with zero attached hydrogens (tertiary/aromatic N) is 5. The molecule has 172 valence electrons. The van der Waals surface area contributed by atoms with E-state index in [1.165, 1.54) is 24.3 Å². The summed E-state index contributed by atoms with van der Waals surface area (Å²) in [6.45, 7) is 7.14. The molecule has 0 radical (unpaired) electrons. The largest absolute Gasteiger partial charge is 0.484 e. The number of ether oxygens (including phenoxy) is 1. The fraction of sp³-hybridized carbons (Fsp3) is 0.565. The van der Waals surface area contributed by atoms with E-state index in [1.54, 1.807) is 4.90 Å². The fourth-order valence-electron chi connectivity index (χ4n) is 4.33. The SMILES string of the molecule is CC(C)CC(=O)N1CCC(c2nnc3n2CCN(C(=O)COc2ccc(F)cc2)C3)CC1. The molecule has 1 aromatic heterocycles. The van der Waals surface area contributed by atoms with Crippen molar-refractivity contribution in [3.05, 3.63) is 41.7 Å². The Bertz CT molecular complexity index is 951. The highest BCUT2D eigenvalue weighted by Gasteiger charge is 2.31. The van der Waals surface area contributed by atoms with Gasteiger partial charge in [-0.05, 0) is 43.0 Å². The van der Waals surface area contributed by atoms with E-state index >= 15 is 0 Å². The molecule has 2 aromatic rings. The molecule has 2 aliphatic heterocycles. The molecule has 3 heterocycles. The number of halogens is 1. The van der Waals surface area contributed by atoms with Crippen LogP contribution in [0.1, 0.15) is 50.7 Å². The predicted molar refractivity (Wildman–Crippen MR) is 115 cm³/mol. The van der Waals surface area contributed by atoms with E-state index in [4.69, 9.17) is 4.74 Å². The molecular weight excluding hydrogens is 413 g/mol. The molecule has 0 bridgehead atoms. The quantitative estimate of drug-likeness (QED) is 0.686. The summed E-state index contributed by atoms with van der Waals surface area (Å²) < 4.78 is 20.6. The summed E-state index contributed by atoms with van der Waals surface area (Å²) in [5.74, 6) is 2.60. The van der Waals surface area contributed by atoms with Crippen molar-refractivity contribution in [1.29, 1.82) is 0 Å². The second kappa shape index (κ2) is 9.67. The third-order valence-corrected chi connectivity index (χ3v) is 6.11. The molecule has 0 spiro atoms. The molecule has 1 aromatic carbocycles. The van der Waals surface area contributed by atoms with Gasteiger partial charge in [-0.1, -0.05) is 13.8 Å². The zero-order chi connectivity index (χ0) is 22.7. The maximum absolute atomic E-state index is 13.0. The highest BCUT2D eigenvalue weighted by Crippen LogP contribution is 2.29. The maximum atomic E-state index is 13.0. The summed E-state index contributed by atoms with van der Waals surface area (Å²) in [4.78, 5) is 28.6. The normalized spacial score (nSPS) is 16.9. The number of amides is 2. The van der Waals surface area contributed by atoms with Gasteiger partial charge in [0, 0.05) is 38.5 Å². The van der Waals surface area contributed by atoms with Crippen LogP contribution in [0.15, 0.2) is 24.3 Å². The number of hydrogen-bond donors (Lipinski definition) is 0. The van der Waals surface area contributed by atoms with Crippen molar-refractivity contribution in [2.75, 3.05) is 26.2 Å². The zero-order valence-corrected chi connectivity index (χ0v) is 18.7. The number of carbonyl (C=O) groups excluding carboxylic acids is 2. The van der Waals surface area contributed by atoms with Crippen molar-refractivity contribution in [3.63, 3.8) is 0 Å². The number of carbonyl (C=O) groups is 2. The van der Waals surface area contributed by atoms with Crippen LogP contribution >= 0.6 is 0 Å². The lowest BCUT2D eigenvalue weighted by molar-refractivity contribution is -0.135. The van der Waals surface area contributed by atoms with Crippen molar-refractivity contribution >= 4 is 11.8 Å². The van der Waals surface area contributed by atoms with Gasteiger partial charge in [-0.2, -0.15) is 0 Å². The Morgan fingerprint density at radius 3 is 2.44 bits per heavy atom. The van der Waals surface area contributed by atoms with Crippen LogP contribution < -0.4 is 4.74 Å². The number of hydrogen-bond acceptors (Lipinski definition) is 5. The summed E-state index contributed by atoms with van der Waals surface area (Å²) in [5.41, 5.74) is 0. The molecule has 0 aliphatic carbocycles. The number of benzene rings is 1. The smallest absolute Gasteiger partial charge is 0.260 e. The molecule has 2 amide bonds. The Balaban J connectivity index is 1.31. The molecule has 9 heteroatoms. The van der Waals surface area contributed by atoms with Crippen LogP contribution in [0.2, 0.25) is 0 Å². The van der Waals surface area contributed by atoms with Gasteiger partial charge in [0.05, 0.1) is 6.54 Å². The molecule has 0 N–H and O–H groups in total. The van der Waals surface area contributed by atoms with Gasteiger partial charge in [0.15, 0.2) is 12.4 Å². The molecular formula is C23H30FN5O3. The average molecular weight is 444 g/mol. The standard InChI is InChI=1S/C23H30FN5O3/c1-16(2)13-21(30)27-9-7-17(8-10-27)23-26-25-20-14-28(11-12-29(20)23)22(31)15-32-19-5-3-18(24)4-6-19/h3-6,16-17H,7-15H2,1-2H3. The molecule has 2 aliphatic rings. The Labute approximate surface area is 187 Å². The molecule has 1 fully saturated rings. The van der Waals surface area contributed by atoms with E-state index in [9.17, 15) is 14.0 Å². The molecule has 0 unspecified atom stereocenters. The minimum absolute atomic E-state index is 0.102. The van der Waals surface area contributed by atoms with Gasteiger partial charge < -0.3 is 19.1 Å². The summed E-state index contributed by atoms with van der Waals surface area (Å²) >= 11 is 0. The van der Waals surface area contributed by atoms with Crippen LogP contribution in [0.3, 0.4) is 0 Å². The van der Waals surface area contributed by atoms with Gasteiger partial charge in [0.1, 0.15) is 17.4 Å². The number of likely N-dealkylation sites (tertiary alicyclic amines) is 1. The topological polar surface area (TPSA) is 80.6 Å². The molecule has 4 rings (SSSR count). The second-order valence-electron chi connectivity index (χ2n) is 8.94. The first kappa shape index (κ1) is 22.2. The van der Waals surface area contributed by atoms with Gasteiger partial charge >= 0.3 is 0 Å². The predicted octanol–water partition coefficient (Wildman–Crippen LogP) is 2.59. The highest BCUT2D eigenvalue weighted by atomic mass is 19.1. The van der Waals surface area contributed by atoms with E-state index < -0.39 is 0 Å². The minimum atomic E-state index is -0.345. The first-order valence-electron chi connectivity index (χ1n) is 11.3. The van der Waals surface area contributed by atoms with Gasteiger partial charge in [-0.15, -0.1) is 10.2 Å². The van der Waals surface area contributed by atoms with Crippen LogP contribution in [0, 0.1) is 11.7 Å². The maximum Gasteiger partial charge on any atom is 0.260 e. The molecule has 8 nitrogen and oxygen atoms in total. The molecule has 32 heavy (non-hydrogen) atoms. The summed E-state index contributed by atoms with van der Waals surface area (Å²) in [6.07, 6.45) is 2.37. The number of fused-ring (bicyclic) bond motifs is 1. The second-order valence-corrected chi connectivity index (χ2v) is 8.94. The van der Waals surface area contributed by atoms with Crippen LogP contribution in [0.4, 0.5) is 4.39 Å². The molecule has 0 saturated carbocycles. The minimum Gasteiger partial charge on any atom is -0.484 e. The van der Waals surface area contributed by atoms with Gasteiger partial charge in [0.2, 0.25) is 5.91 Å². The Morgan fingerprint density at radius 2 is 1.75 bits per heavy atom. The van der Waals surface area contributed by atoms with Gasteiger partial charge in [-0.3, -0.25) is 9.59 Å². The third-order valence-electron chi connectivity index (χ3n) is 6.11. The van der Waals surface area contributed by atoms with E-state index in [0.29, 0.717) is 37.7 Å². The number of piperidine rings is 1. The summed E-state index contributed by atoms with van der Waals surface area (Å²) in [5, 5.41) is 8.78. The Morgan fingerprint density at radius 1 is 1.03 bits per heavy atom. The lowest BCUT2D eigenvalue weighted by Gasteiger charge is -2.33. The lowest BCUT2D eigenvalue weighted by atomic mass is 9.95. The number of rotatable bonds is 6. The molecule has 0 atom stereocenters. The monoisotopic (exact) mass is 443 g/mol. The number of aromatic nitrogens is 3. The van der Waals surface area contributed by atoms with Crippen molar-refractivity contribution in [3.8, 4) is 5.75 Å². The van der Waals surface area contributed by atoms with Gasteiger partial charge in [0.25, 0.3) is 5.91 Å². The Kier molecular flexibility index (Phi) is 6.72. The van der Waals surface area contributed by atoms with E-state index in [0.717, 1.165) is 37.6 Å². The highest BCUT2D eigenvalue weighted by molar-refractivity contribution is 5.78. The van der Waals surface area contributed by atoms with Crippen molar-refractivity contribution in [2.45, 2.75) is 52.1 Å². The van der Waals surface area contributed by atoms with E-state index in [2.05, 4.69) is 28.6 Å². The van der Waals surface area contributed by atoms with Gasteiger partial charge in [-0.25, -0.2) is 4.39 Å². The summed E-state index contributed by atoms with van der Waals surface area (Å²) in [7, 11) is 0. The zero-order valence-electron chi connectivity index (χ0n) is 18.7. The first-order valence-corrected chi connectivity index (χ1v) is 11.3. The van der Waals surface area contributed by atoms with Crippen molar-refractivity contribution in [1.82, 2.24) is 24.6 Å². The van der Waals surface area contributed by atoms with Crippen LogP contribution in [0.25, 0.3) is 0 Å². The van der Waals surface area contributed by atoms with Crippen molar-refractivity contribution < 1.29 is 18.7 Å². The molecule has 1 saturated heterocycles. The van der Waals surface area contributed by atoms with Crippen molar-refractivity contribution in [2.24, 2.45) is 5.92 Å². The average Bonchev–Trinajstić information content (AvgIpc) is 3.21. The Hall–Kier alpha value is -2.97. The lowest BCUT2D eigenvalue weighted by Crippen LogP contribution is -2.42. The van der Waals surface area contributed by atoms with E-state index in [-0.39, 0.29) is 30.2 Å².